The van der Waals surface area contributed by atoms with E-state index in [1.54, 1.807) is 12.1 Å². The molecule has 0 amide bonds. The third kappa shape index (κ3) is 4.08. The third-order valence-electron chi connectivity index (χ3n) is 2.86. The highest BCUT2D eigenvalue weighted by Crippen LogP contribution is 2.42. The molecule has 1 atom stereocenters. The summed E-state index contributed by atoms with van der Waals surface area (Å²) >= 11 is 25.9. The molecule has 0 saturated carbocycles. The fraction of sp³-hybridized carbons (Fsp3) is 0.200. The van der Waals surface area contributed by atoms with Crippen LogP contribution in [0.3, 0.4) is 0 Å². The Morgan fingerprint density at radius 1 is 1.00 bits per heavy atom. The van der Waals surface area contributed by atoms with Gasteiger partial charge in [-0.15, -0.1) is 0 Å². The van der Waals surface area contributed by atoms with E-state index in [2.05, 4.69) is 31.9 Å². The van der Waals surface area contributed by atoms with Crippen molar-refractivity contribution >= 4 is 66.7 Å². The molecule has 0 aliphatic rings. The molecule has 0 aliphatic carbocycles. The minimum Gasteiger partial charge on any atom is -0.492 e. The average Bonchev–Trinajstić information content (AvgIpc) is 2.42. The summed E-state index contributed by atoms with van der Waals surface area (Å²) in [5.41, 5.74) is 1.76. The van der Waals surface area contributed by atoms with Crippen LogP contribution in [0.2, 0.25) is 15.1 Å². The Kier molecular flexibility index (Phi) is 6.27. The van der Waals surface area contributed by atoms with Crippen LogP contribution in [0.4, 0.5) is 0 Å². The topological polar surface area (TPSA) is 9.23 Å². The maximum absolute atomic E-state index is 6.34. The lowest BCUT2D eigenvalue weighted by Gasteiger charge is -2.16. The maximum Gasteiger partial charge on any atom is 0.139 e. The maximum atomic E-state index is 6.34. The van der Waals surface area contributed by atoms with Crippen LogP contribution < -0.4 is 4.74 Å². The van der Waals surface area contributed by atoms with Crippen molar-refractivity contribution in [3.63, 3.8) is 0 Å². The fourth-order valence-corrected chi connectivity index (χ4v) is 4.19. The van der Waals surface area contributed by atoms with E-state index in [0.29, 0.717) is 27.4 Å². The zero-order chi connectivity index (χ0) is 15.6. The molecule has 0 saturated heterocycles. The van der Waals surface area contributed by atoms with Gasteiger partial charge in [0.05, 0.1) is 16.5 Å². The van der Waals surface area contributed by atoms with E-state index in [1.165, 1.54) is 0 Å². The van der Waals surface area contributed by atoms with Crippen molar-refractivity contribution in [3.8, 4) is 5.75 Å². The summed E-state index contributed by atoms with van der Waals surface area (Å²) in [7, 11) is 0. The van der Waals surface area contributed by atoms with E-state index in [1.807, 2.05) is 25.1 Å². The SMILES string of the molecule is CCOc1cc(Cl)c(C(Br)c2ccc(Br)cc2Cl)cc1Cl. The van der Waals surface area contributed by atoms with Gasteiger partial charge in [-0.05, 0) is 36.2 Å². The Bertz CT molecular complexity index is 662. The normalized spacial score (nSPS) is 12.3. The van der Waals surface area contributed by atoms with Crippen LogP contribution in [0.5, 0.6) is 5.75 Å². The Balaban J connectivity index is 2.43. The molecule has 0 heterocycles. The van der Waals surface area contributed by atoms with E-state index < -0.39 is 0 Å². The molecule has 0 fully saturated rings. The third-order valence-corrected chi connectivity index (χ3v) is 5.29. The van der Waals surface area contributed by atoms with Gasteiger partial charge in [0.2, 0.25) is 0 Å². The van der Waals surface area contributed by atoms with E-state index in [0.717, 1.165) is 15.6 Å². The smallest absolute Gasteiger partial charge is 0.139 e. The van der Waals surface area contributed by atoms with Crippen molar-refractivity contribution in [1.29, 1.82) is 0 Å². The van der Waals surface area contributed by atoms with Gasteiger partial charge >= 0.3 is 0 Å². The Morgan fingerprint density at radius 2 is 1.67 bits per heavy atom. The molecule has 112 valence electrons. The first kappa shape index (κ1) is 17.4. The van der Waals surface area contributed by atoms with Gasteiger partial charge in [-0.1, -0.05) is 72.7 Å². The van der Waals surface area contributed by atoms with Crippen molar-refractivity contribution < 1.29 is 4.74 Å². The predicted molar refractivity (Wildman–Crippen MR) is 97.6 cm³/mol. The predicted octanol–water partition coefficient (Wildman–Crippen LogP) is 7.29. The second-order valence-electron chi connectivity index (χ2n) is 4.27. The zero-order valence-electron chi connectivity index (χ0n) is 11.0. The molecule has 1 nitrogen and oxygen atoms in total. The van der Waals surface area contributed by atoms with Crippen LogP contribution in [-0.4, -0.2) is 6.61 Å². The minimum absolute atomic E-state index is 0.154. The highest BCUT2D eigenvalue weighted by molar-refractivity contribution is 9.10. The molecule has 6 heteroatoms. The summed E-state index contributed by atoms with van der Waals surface area (Å²) in [6.07, 6.45) is 0. The largest absolute Gasteiger partial charge is 0.492 e. The van der Waals surface area contributed by atoms with E-state index >= 15 is 0 Å². The van der Waals surface area contributed by atoms with Crippen LogP contribution >= 0.6 is 66.7 Å². The van der Waals surface area contributed by atoms with Crippen LogP contribution in [0.15, 0.2) is 34.8 Å². The number of alkyl halides is 1. The van der Waals surface area contributed by atoms with Crippen LogP contribution in [0.1, 0.15) is 22.9 Å². The monoisotopic (exact) mass is 470 g/mol. The van der Waals surface area contributed by atoms with Gasteiger partial charge in [0.1, 0.15) is 5.75 Å². The summed E-state index contributed by atoms with van der Waals surface area (Å²) < 4.78 is 6.36. The standard InChI is InChI=1S/C15H11Br2Cl3O/c1-2-21-14-7-12(19)10(6-13(14)20)15(17)9-4-3-8(16)5-11(9)18/h3-7,15H,2H2,1H3. The number of benzene rings is 2. The Morgan fingerprint density at radius 3 is 2.29 bits per heavy atom. The fourth-order valence-electron chi connectivity index (χ4n) is 1.88. The molecule has 2 rings (SSSR count). The first-order valence-electron chi connectivity index (χ1n) is 6.14. The van der Waals surface area contributed by atoms with E-state index in [9.17, 15) is 0 Å². The molecule has 0 spiro atoms. The lowest BCUT2D eigenvalue weighted by atomic mass is 10.0. The van der Waals surface area contributed by atoms with Gasteiger partial charge in [-0.2, -0.15) is 0 Å². The highest BCUT2D eigenvalue weighted by Gasteiger charge is 2.19. The molecule has 0 bridgehead atoms. The van der Waals surface area contributed by atoms with Crippen LogP contribution in [0.25, 0.3) is 0 Å². The van der Waals surface area contributed by atoms with Crippen molar-refractivity contribution in [3.05, 3.63) is 61.0 Å². The van der Waals surface area contributed by atoms with E-state index in [-0.39, 0.29) is 4.83 Å². The van der Waals surface area contributed by atoms with Gasteiger partial charge < -0.3 is 4.74 Å². The van der Waals surface area contributed by atoms with Crippen LogP contribution in [-0.2, 0) is 0 Å². The highest BCUT2D eigenvalue weighted by atomic mass is 79.9. The first-order chi connectivity index (χ1) is 9.93. The zero-order valence-corrected chi connectivity index (χ0v) is 16.4. The Hall–Kier alpha value is 0.0700. The number of rotatable bonds is 4. The molecule has 0 aromatic heterocycles. The average molecular weight is 473 g/mol. The molecule has 0 radical (unpaired) electrons. The van der Waals surface area contributed by atoms with Gasteiger partial charge in [0, 0.05) is 20.6 Å². The molecular formula is C15H11Br2Cl3O. The van der Waals surface area contributed by atoms with Crippen molar-refractivity contribution in [2.75, 3.05) is 6.61 Å². The van der Waals surface area contributed by atoms with Crippen molar-refractivity contribution in [2.24, 2.45) is 0 Å². The molecular weight excluding hydrogens is 462 g/mol. The van der Waals surface area contributed by atoms with Crippen LogP contribution in [0, 0.1) is 0 Å². The second kappa shape index (κ2) is 7.56. The molecule has 1 unspecified atom stereocenters. The first-order valence-corrected chi connectivity index (χ1v) is 8.99. The number of hydrogen-bond donors (Lipinski definition) is 0. The summed E-state index contributed by atoms with van der Waals surface area (Å²) in [5, 5.41) is 1.74. The minimum atomic E-state index is -0.154. The second-order valence-corrected chi connectivity index (χ2v) is 7.32. The number of halogens is 5. The van der Waals surface area contributed by atoms with E-state index in [4.69, 9.17) is 39.5 Å². The summed E-state index contributed by atoms with van der Waals surface area (Å²) in [5.74, 6) is 0.578. The molecule has 0 N–H and O–H groups in total. The molecule has 2 aromatic carbocycles. The Labute approximate surface area is 155 Å². The number of ether oxygens (including phenoxy) is 1. The van der Waals surface area contributed by atoms with Gasteiger partial charge in [0.25, 0.3) is 0 Å². The summed E-state index contributed by atoms with van der Waals surface area (Å²) in [4.78, 5) is -0.154. The summed E-state index contributed by atoms with van der Waals surface area (Å²) in [6.45, 7) is 2.43. The molecule has 0 aliphatic heterocycles. The molecule has 2 aromatic rings. The quantitative estimate of drug-likeness (QED) is 0.424. The van der Waals surface area contributed by atoms with Gasteiger partial charge in [0.15, 0.2) is 0 Å². The summed E-state index contributed by atoms with van der Waals surface area (Å²) in [6, 6.07) is 9.23. The van der Waals surface area contributed by atoms with Gasteiger partial charge in [-0.3, -0.25) is 0 Å². The van der Waals surface area contributed by atoms with Crippen molar-refractivity contribution in [2.45, 2.75) is 11.8 Å². The lowest BCUT2D eigenvalue weighted by Crippen LogP contribution is -1.98. The van der Waals surface area contributed by atoms with Gasteiger partial charge in [-0.25, -0.2) is 0 Å². The van der Waals surface area contributed by atoms with Crippen molar-refractivity contribution in [1.82, 2.24) is 0 Å². The number of hydrogen-bond acceptors (Lipinski definition) is 1. The molecule has 21 heavy (non-hydrogen) atoms. The lowest BCUT2D eigenvalue weighted by molar-refractivity contribution is 0.340.